The number of piperazine rings is 1. The average molecular weight is 409 g/mol. The minimum absolute atomic E-state index is 0.796. The molecule has 22 heavy (non-hydrogen) atoms. The summed E-state index contributed by atoms with van der Waals surface area (Å²) in [5.41, 5.74) is 1.04. The van der Waals surface area contributed by atoms with Gasteiger partial charge in [-0.15, -0.1) is 0 Å². The highest BCUT2D eigenvalue weighted by atomic mass is 127. The lowest BCUT2D eigenvalue weighted by Gasteiger charge is -2.33. The molecular formula is C16H20IN5. The molecule has 2 aromatic rings. The number of nitrogens with zero attached hydrogens (tertiary/aromatic N) is 4. The number of aryl methyl sites for hydroxylation is 1. The Kier molecular flexibility index (Phi) is 4.77. The number of nitrogens with one attached hydrogen (secondary N) is 1. The maximum Gasteiger partial charge on any atom is 0.136 e. The van der Waals surface area contributed by atoms with Crippen molar-refractivity contribution >= 4 is 39.9 Å². The van der Waals surface area contributed by atoms with E-state index in [2.05, 4.69) is 79.0 Å². The van der Waals surface area contributed by atoms with Crippen LogP contribution in [0.1, 0.15) is 5.82 Å². The van der Waals surface area contributed by atoms with Crippen LogP contribution in [0.2, 0.25) is 0 Å². The molecule has 0 amide bonds. The summed E-state index contributed by atoms with van der Waals surface area (Å²) in [7, 11) is 2.16. The standard InChI is InChI=1S/C16H20IN5/c1-12-18-15(20-14-5-3-13(17)4-6-14)11-16(19-12)22-9-7-21(2)8-10-22/h3-6,11H,7-10H2,1-2H3,(H,18,19,20). The highest BCUT2D eigenvalue weighted by Gasteiger charge is 2.16. The van der Waals surface area contributed by atoms with E-state index in [-0.39, 0.29) is 0 Å². The molecule has 1 N–H and O–H groups in total. The third-order valence-electron chi connectivity index (χ3n) is 3.77. The van der Waals surface area contributed by atoms with E-state index in [1.165, 1.54) is 3.57 Å². The Morgan fingerprint density at radius 1 is 1.05 bits per heavy atom. The highest BCUT2D eigenvalue weighted by molar-refractivity contribution is 14.1. The van der Waals surface area contributed by atoms with Gasteiger partial charge in [0, 0.05) is 41.5 Å². The van der Waals surface area contributed by atoms with Crippen LogP contribution in [0.5, 0.6) is 0 Å². The van der Waals surface area contributed by atoms with E-state index >= 15 is 0 Å². The van der Waals surface area contributed by atoms with E-state index in [1.807, 2.05) is 13.0 Å². The number of halogens is 1. The molecule has 1 aliphatic rings. The third kappa shape index (κ3) is 3.86. The van der Waals surface area contributed by atoms with E-state index in [0.717, 1.165) is 49.3 Å². The van der Waals surface area contributed by atoms with Crippen molar-refractivity contribution < 1.29 is 0 Å². The van der Waals surface area contributed by atoms with E-state index < -0.39 is 0 Å². The van der Waals surface area contributed by atoms with E-state index in [0.29, 0.717) is 0 Å². The molecule has 0 saturated carbocycles. The molecule has 0 radical (unpaired) electrons. The molecule has 1 aromatic heterocycles. The first-order valence-corrected chi connectivity index (χ1v) is 8.50. The Hall–Kier alpha value is -1.41. The van der Waals surface area contributed by atoms with Crippen LogP contribution in [0.25, 0.3) is 0 Å². The number of rotatable bonds is 3. The highest BCUT2D eigenvalue weighted by Crippen LogP contribution is 2.21. The molecular weight excluding hydrogens is 389 g/mol. The van der Waals surface area contributed by atoms with Gasteiger partial charge in [0.2, 0.25) is 0 Å². The summed E-state index contributed by atoms with van der Waals surface area (Å²) in [5.74, 6) is 2.65. The van der Waals surface area contributed by atoms with Crippen molar-refractivity contribution in [2.75, 3.05) is 43.4 Å². The quantitative estimate of drug-likeness (QED) is 0.791. The SMILES string of the molecule is Cc1nc(Nc2ccc(I)cc2)cc(N2CCN(C)CC2)n1. The number of hydrogen-bond acceptors (Lipinski definition) is 5. The smallest absolute Gasteiger partial charge is 0.136 e. The molecule has 6 heteroatoms. The second-order valence-corrected chi connectivity index (χ2v) is 6.83. The summed E-state index contributed by atoms with van der Waals surface area (Å²) in [6.45, 7) is 6.11. The van der Waals surface area contributed by atoms with Crippen molar-refractivity contribution in [3.63, 3.8) is 0 Å². The third-order valence-corrected chi connectivity index (χ3v) is 4.49. The van der Waals surface area contributed by atoms with Crippen LogP contribution in [-0.2, 0) is 0 Å². The summed E-state index contributed by atoms with van der Waals surface area (Å²) >= 11 is 2.30. The molecule has 116 valence electrons. The molecule has 3 rings (SSSR count). The summed E-state index contributed by atoms with van der Waals surface area (Å²) < 4.78 is 1.22. The molecule has 1 saturated heterocycles. The van der Waals surface area contributed by atoms with Crippen LogP contribution in [-0.4, -0.2) is 48.1 Å². The molecule has 2 heterocycles. The van der Waals surface area contributed by atoms with E-state index in [1.54, 1.807) is 0 Å². The van der Waals surface area contributed by atoms with E-state index in [4.69, 9.17) is 0 Å². The van der Waals surface area contributed by atoms with Gasteiger partial charge in [-0.05, 0) is 60.8 Å². The summed E-state index contributed by atoms with van der Waals surface area (Å²) in [4.78, 5) is 13.8. The summed E-state index contributed by atoms with van der Waals surface area (Å²) in [5, 5.41) is 3.37. The van der Waals surface area contributed by atoms with Gasteiger partial charge in [-0.3, -0.25) is 0 Å². The van der Waals surface area contributed by atoms with Gasteiger partial charge in [0.1, 0.15) is 17.5 Å². The number of hydrogen-bond donors (Lipinski definition) is 1. The van der Waals surface area contributed by atoms with Gasteiger partial charge in [-0.1, -0.05) is 0 Å². The van der Waals surface area contributed by atoms with Crippen molar-refractivity contribution in [2.45, 2.75) is 6.92 Å². The Balaban J connectivity index is 1.79. The Bertz CT molecular complexity index is 635. The largest absolute Gasteiger partial charge is 0.354 e. The predicted molar refractivity (Wildman–Crippen MR) is 98.9 cm³/mol. The van der Waals surface area contributed by atoms with Crippen molar-refractivity contribution in [1.82, 2.24) is 14.9 Å². The molecule has 0 atom stereocenters. The van der Waals surface area contributed by atoms with Crippen molar-refractivity contribution in [3.05, 3.63) is 39.7 Å². The number of aromatic nitrogens is 2. The zero-order chi connectivity index (χ0) is 15.5. The topological polar surface area (TPSA) is 44.3 Å². The van der Waals surface area contributed by atoms with Crippen molar-refractivity contribution in [1.29, 1.82) is 0 Å². The number of benzene rings is 1. The Morgan fingerprint density at radius 3 is 2.41 bits per heavy atom. The lowest BCUT2D eigenvalue weighted by atomic mass is 10.3. The zero-order valence-electron chi connectivity index (χ0n) is 12.9. The number of anilines is 3. The van der Waals surface area contributed by atoms with Crippen LogP contribution in [0, 0.1) is 10.5 Å². The first kappa shape index (κ1) is 15.5. The second kappa shape index (κ2) is 6.78. The predicted octanol–water partition coefficient (Wildman–Crippen LogP) is 2.89. The Labute approximate surface area is 144 Å². The average Bonchev–Trinajstić information content (AvgIpc) is 2.50. The van der Waals surface area contributed by atoms with Gasteiger partial charge in [0.25, 0.3) is 0 Å². The monoisotopic (exact) mass is 409 g/mol. The minimum atomic E-state index is 0.796. The number of likely N-dealkylation sites (N-methyl/N-ethyl adjacent to an activating group) is 1. The Morgan fingerprint density at radius 2 is 1.73 bits per heavy atom. The van der Waals surface area contributed by atoms with Crippen molar-refractivity contribution in [2.24, 2.45) is 0 Å². The molecule has 0 aliphatic carbocycles. The second-order valence-electron chi connectivity index (χ2n) is 5.58. The van der Waals surface area contributed by atoms with Crippen LogP contribution in [0.3, 0.4) is 0 Å². The molecule has 5 nitrogen and oxygen atoms in total. The van der Waals surface area contributed by atoms with Gasteiger partial charge in [0.05, 0.1) is 0 Å². The fraction of sp³-hybridized carbons (Fsp3) is 0.375. The maximum absolute atomic E-state index is 4.59. The normalized spacial score (nSPS) is 15.9. The zero-order valence-corrected chi connectivity index (χ0v) is 15.0. The van der Waals surface area contributed by atoms with Crippen LogP contribution in [0.15, 0.2) is 30.3 Å². The van der Waals surface area contributed by atoms with Crippen LogP contribution < -0.4 is 10.2 Å². The minimum Gasteiger partial charge on any atom is -0.354 e. The van der Waals surface area contributed by atoms with Gasteiger partial charge < -0.3 is 15.1 Å². The van der Waals surface area contributed by atoms with Crippen molar-refractivity contribution in [3.8, 4) is 0 Å². The maximum atomic E-state index is 4.59. The van der Waals surface area contributed by atoms with Gasteiger partial charge in [0.15, 0.2) is 0 Å². The molecule has 0 unspecified atom stereocenters. The van der Waals surface area contributed by atoms with E-state index in [9.17, 15) is 0 Å². The first-order valence-electron chi connectivity index (χ1n) is 7.42. The van der Waals surface area contributed by atoms with Gasteiger partial charge >= 0.3 is 0 Å². The first-order chi connectivity index (χ1) is 10.6. The van der Waals surface area contributed by atoms with Gasteiger partial charge in [-0.25, -0.2) is 9.97 Å². The molecule has 0 spiro atoms. The lowest BCUT2D eigenvalue weighted by molar-refractivity contribution is 0.312. The molecule has 1 fully saturated rings. The fourth-order valence-corrected chi connectivity index (χ4v) is 2.85. The molecule has 0 bridgehead atoms. The lowest BCUT2D eigenvalue weighted by Crippen LogP contribution is -2.44. The van der Waals surface area contributed by atoms with Crippen LogP contribution in [0.4, 0.5) is 17.3 Å². The van der Waals surface area contributed by atoms with Gasteiger partial charge in [-0.2, -0.15) is 0 Å². The summed E-state index contributed by atoms with van der Waals surface area (Å²) in [6, 6.07) is 10.3. The molecule has 1 aromatic carbocycles. The molecule has 1 aliphatic heterocycles. The summed E-state index contributed by atoms with van der Waals surface area (Å²) in [6.07, 6.45) is 0. The van der Waals surface area contributed by atoms with Crippen LogP contribution >= 0.6 is 22.6 Å². The fourth-order valence-electron chi connectivity index (χ4n) is 2.49.